The molecule has 8 nitrogen and oxygen atoms in total. The molecule has 0 spiro atoms. The molecule has 0 rings (SSSR count). The van der Waals surface area contributed by atoms with E-state index in [0.717, 1.165) is 27.7 Å². The van der Waals surface area contributed by atoms with Crippen LogP contribution >= 0.6 is 0 Å². The fraction of sp³-hybridized carbons (Fsp3) is 0.400. The second-order valence-corrected chi connectivity index (χ2v) is 6.59. The summed E-state index contributed by atoms with van der Waals surface area (Å²) in [7, 11) is 0. The van der Waals surface area contributed by atoms with Gasteiger partial charge in [0.15, 0.2) is 0 Å². The molecule has 0 saturated heterocycles. The van der Waals surface area contributed by atoms with Crippen molar-refractivity contribution >= 4 is 23.1 Å². The van der Waals surface area contributed by atoms with Gasteiger partial charge in [-0.3, -0.25) is 19.2 Å². The number of aliphatic hydroxyl groups is 4. The normalized spacial score (nSPS) is 13.1. The van der Waals surface area contributed by atoms with E-state index in [1.807, 2.05) is 0 Å². The maximum absolute atomic E-state index is 11.3. The van der Waals surface area contributed by atoms with Gasteiger partial charge in [0.1, 0.15) is 0 Å². The van der Waals surface area contributed by atoms with E-state index in [-0.39, 0.29) is 66.1 Å². The van der Waals surface area contributed by atoms with Crippen molar-refractivity contribution in [2.24, 2.45) is 0 Å². The zero-order chi connectivity index (χ0) is 33.4. The standard InChI is InChI=1S/4C5H5F3O2.Ce/c4*1-3(9)2-4(10)5(6,7)8;/h4*2,9H,1H3;. The third-order valence-electron chi connectivity index (χ3n) is 2.48. The van der Waals surface area contributed by atoms with Gasteiger partial charge >= 0.3 is 24.7 Å². The Kier molecular flexibility index (Phi) is 23.8. The number of hydrogen-bond donors (Lipinski definition) is 4. The van der Waals surface area contributed by atoms with Crippen LogP contribution in [-0.4, -0.2) is 68.3 Å². The van der Waals surface area contributed by atoms with Crippen molar-refractivity contribution in [2.75, 3.05) is 0 Å². The van der Waals surface area contributed by atoms with Crippen LogP contribution in [0.2, 0.25) is 0 Å². The maximum Gasteiger partial charge on any atom is 0.454 e. The molecule has 41 heavy (non-hydrogen) atoms. The van der Waals surface area contributed by atoms with E-state index in [9.17, 15) is 71.9 Å². The molecular weight excluding hydrogens is 736 g/mol. The average molecular weight is 756 g/mol. The van der Waals surface area contributed by atoms with Crippen LogP contribution in [0.3, 0.4) is 0 Å². The summed E-state index contributed by atoms with van der Waals surface area (Å²) in [4.78, 5) is 39.7. The fourth-order valence-electron chi connectivity index (χ4n) is 1.09. The minimum absolute atomic E-state index is 0. The Hall–Kier alpha value is -2.62. The van der Waals surface area contributed by atoms with Crippen molar-refractivity contribution in [1.82, 2.24) is 0 Å². The first-order valence-electron chi connectivity index (χ1n) is 9.29. The van der Waals surface area contributed by atoms with Gasteiger partial charge in [-0.05, 0) is 27.7 Å². The minimum atomic E-state index is -4.88. The average Bonchev–Trinajstić information content (AvgIpc) is 2.64. The first-order valence-corrected chi connectivity index (χ1v) is 9.29. The molecule has 0 aromatic rings. The topological polar surface area (TPSA) is 149 Å². The number of rotatable bonds is 4. The molecular formula is C20H20CeF12O8. The van der Waals surface area contributed by atoms with Gasteiger partial charge in [0.05, 0.1) is 23.0 Å². The summed E-state index contributed by atoms with van der Waals surface area (Å²) < 4.78 is 136. The second-order valence-electron chi connectivity index (χ2n) is 6.59. The molecule has 0 bridgehead atoms. The molecule has 236 valence electrons. The quantitative estimate of drug-likeness (QED) is 0.148. The minimum Gasteiger partial charge on any atom is -0.512 e. The van der Waals surface area contributed by atoms with Crippen LogP contribution < -0.4 is 0 Å². The van der Waals surface area contributed by atoms with Crippen LogP contribution in [0.5, 0.6) is 0 Å². The van der Waals surface area contributed by atoms with Crippen molar-refractivity contribution in [3.8, 4) is 0 Å². The Morgan fingerprint density at radius 1 is 0.390 bits per heavy atom. The molecule has 0 aromatic carbocycles. The smallest absolute Gasteiger partial charge is 0.454 e. The van der Waals surface area contributed by atoms with Crippen LogP contribution in [0.1, 0.15) is 27.7 Å². The van der Waals surface area contributed by atoms with Crippen LogP contribution in [0.15, 0.2) is 47.3 Å². The van der Waals surface area contributed by atoms with Gasteiger partial charge in [0, 0.05) is 66.1 Å². The van der Waals surface area contributed by atoms with Crippen molar-refractivity contribution in [1.29, 1.82) is 0 Å². The molecule has 0 aliphatic carbocycles. The molecule has 0 aliphatic heterocycles. The summed E-state index contributed by atoms with van der Waals surface area (Å²) in [5.41, 5.74) is 0. The molecule has 0 amide bonds. The zero-order valence-corrected chi connectivity index (χ0v) is 23.9. The number of aliphatic hydroxyl groups excluding tert-OH is 4. The van der Waals surface area contributed by atoms with Crippen LogP contribution in [-0.2, 0) is 19.2 Å². The monoisotopic (exact) mass is 756 g/mol. The largest absolute Gasteiger partial charge is 0.512 e. The third kappa shape index (κ3) is 33.5. The van der Waals surface area contributed by atoms with Crippen LogP contribution in [0, 0.1) is 41.7 Å². The molecule has 0 aliphatic rings. The van der Waals surface area contributed by atoms with Gasteiger partial charge in [-0.2, -0.15) is 52.7 Å². The summed E-state index contributed by atoms with van der Waals surface area (Å²) in [6, 6.07) is 0. The van der Waals surface area contributed by atoms with E-state index in [0.29, 0.717) is 0 Å². The Morgan fingerprint density at radius 3 is 0.512 bits per heavy atom. The summed E-state index contributed by atoms with van der Waals surface area (Å²) in [6.45, 7) is 3.96. The van der Waals surface area contributed by atoms with Crippen LogP contribution in [0.4, 0.5) is 52.7 Å². The summed E-state index contributed by atoms with van der Waals surface area (Å²) in [5.74, 6) is -10.8. The summed E-state index contributed by atoms with van der Waals surface area (Å²) in [5, 5.41) is 32.9. The summed E-state index contributed by atoms with van der Waals surface area (Å²) in [6.07, 6.45) is -19.0. The Balaban J connectivity index is -0.000000139. The Morgan fingerprint density at radius 2 is 0.488 bits per heavy atom. The van der Waals surface area contributed by atoms with E-state index in [2.05, 4.69) is 0 Å². The molecule has 0 aromatic heterocycles. The third-order valence-corrected chi connectivity index (χ3v) is 2.48. The number of hydrogen-bond acceptors (Lipinski definition) is 8. The fourth-order valence-corrected chi connectivity index (χ4v) is 1.09. The number of halogens is 12. The van der Waals surface area contributed by atoms with Crippen molar-refractivity contribution in [3.05, 3.63) is 47.3 Å². The van der Waals surface area contributed by atoms with E-state index in [1.54, 1.807) is 0 Å². The number of alkyl halides is 12. The molecule has 0 heterocycles. The molecule has 0 atom stereocenters. The van der Waals surface area contributed by atoms with Gasteiger partial charge in [-0.15, -0.1) is 0 Å². The predicted octanol–water partition coefficient (Wildman–Crippen LogP) is 6.32. The van der Waals surface area contributed by atoms with Gasteiger partial charge in [0.2, 0.25) is 0 Å². The van der Waals surface area contributed by atoms with Crippen molar-refractivity contribution < 1.29 is 134 Å². The van der Waals surface area contributed by atoms with Gasteiger partial charge < -0.3 is 20.4 Å². The molecule has 0 unspecified atom stereocenters. The van der Waals surface area contributed by atoms with E-state index < -0.39 is 70.9 Å². The van der Waals surface area contributed by atoms with Crippen molar-refractivity contribution in [2.45, 2.75) is 52.4 Å². The van der Waals surface area contributed by atoms with E-state index in [1.165, 1.54) is 0 Å². The molecule has 4 N–H and O–H groups in total. The SMILES string of the molecule is CC(O)=CC(=O)C(F)(F)F.CC(O)=CC(=O)C(F)(F)F.CC(O)=CC(=O)C(F)(F)F.CC(O)=CC(=O)C(F)(F)F.[Ce]. The maximum atomic E-state index is 11.3. The first kappa shape index (κ1) is 48.1. The molecule has 21 heteroatoms. The Labute approximate surface area is 256 Å². The molecule has 0 radical (unpaired) electrons. The predicted molar refractivity (Wildman–Crippen MR) is 110 cm³/mol. The number of ketones is 4. The Bertz CT molecular complexity index is 824. The van der Waals surface area contributed by atoms with Gasteiger partial charge in [0.25, 0.3) is 23.1 Å². The molecule has 0 fully saturated rings. The van der Waals surface area contributed by atoms with Gasteiger partial charge in [-0.1, -0.05) is 0 Å². The number of allylic oxidation sites excluding steroid dienone is 8. The summed E-state index contributed by atoms with van der Waals surface area (Å²) >= 11 is 0. The zero-order valence-electron chi connectivity index (χ0n) is 20.8. The van der Waals surface area contributed by atoms with E-state index in [4.69, 9.17) is 20.4 Å². The van der Waals surface area contributed by atoms with Gasteiger partial charge in [-0.25, -0.2) is 0 Å². The van der Waals surface area contributed by atoms with Crippen LogP contribution in [0.25, 0.3) is 0 Å². The molecule has 0 saturated carbocycles. The van der Waals surface area contributed by atoms with E-state index >= 15 is 0 Å². The first-order chi connectivity index (χ1) is 17.3. The number of carbonyl (C=O) groups is 4. The second kappa shape index (κ2) is 20.3. The number of carbonyl (C=O) groups excluding carboxylic acids is 4. The van der Waals surface area contributed by atoms with Crippen molar-refractivity contribution in [3.63, 3.8) is 0 Å².